The van der Waals surface area contributed by atoms with Crippen LogP contribution in [0.4, 0.5) is 0 Å². The van der Waals surface area contributed by atoms with E-state index < -0.39 is 6.10 Å². The number of benzene rings is 1. The van der Waals surface area contributed by atoms with Gasteiger partial charge in [-0.1, -0.05) is 17.0 Å². The normalized spacial score (nSPS) is 14.8. The number of pyridine rings is 1. The number of aliphatic hydroxyl groups excluding tert-OH is 2. The molecular weight excluding hydrogens is 442 g/mol. The summed E-state index contributed by atoms with van der Waals surface area (Å²) in [7, 11) is 0. The van der Waals surface area contributed by atoms with Crippen LogP contribution in [-0.2, 0) is 13.1 Å². The lowest BCUT2D eigenvalue weighted by molar-refractivity contribution is 0.0470. The second kappa shape index (κ2) is 10.2. The summed E-state index contributed by atoms with van der Waals surface area (Å²) in [4.78, 5) is 11.0. The summed E-state index contributed by atoms with van der Waals surface area (Å²) >= 11 is 0. The molecule has 1 aliphatic rings. The Balaban J connectivity index is 1.19. The Bertz CT molecular complexity index is 1320. The molecule has 1 saturated heterocycles. The van der Waals surface area contributed by atoms with Crippen molar-refractivity contribution in [2.45, 2.75) is 26.1 Å². The van der Waals surface area contributed by atoms with Crippen LogP contribution in [0.1, 0.15) is 41.4 Å². The van der Waals surface area contributed by atoms with Crippen molar-refractivity contribution in [2.75, 3.05) is 19.7 Å². The Kier molecular flexibility index (Phi) is 6.73. The molecule has 8 heteroatoms. The van der Waals surface area contributed by atoms with E-state index in [0.717, 1.165) is 47.7 Å². The molecule has 1 fully saturated rings. The Hall–Kier alpha value is -3.77. The quantitative estimate of drug-likeness (QED) is 0.402. The van der Waals surface area contributed by atoms with E-state index in [2.05, 4.69) is 31.9 Å². The SMILES string of the molecule is CC(O)c1nccn1Cc1cc(-c2ccc(C#Cc3ccc(CN4CC(CO)C4)nc3)cc2)on1. The van der Waals surface area contributed by atoms with E-state index in [4.69, 9.17) is 9.63 Å². The molecule has 5 rings (SSSR count). The van der Waals surface area contributed by atoms with Crippen LogP contribution in [0.25, 0.3) is 11.3 Å². The Morgan fingerprint density at radius 3 is 2.51 bits per heavy atom. The number of aliphatic hydroxyl groups is 2. The summed E-state index contributed by atoms with van der Waals surface area (Å²) in [6, 6.07) is 13.7. The number of rotatable bonds is 7. The maximum Gasteiger partial charge on any atom is 0.167 e. The predicted octanol–water partition coefficient (Wildman–Crippen LogP) is 2.86. The molecule has 178 valence electrons. The van der Waals surface area contributed by atoms with Gasteiger partial charge in [-0.2, -0.15) is 0 Å². The van der Waals surface area contributed by atoms with Crippen LogP contribution in [0.3, 0.4) is 0 Å². The van der Waals surface area contributed by atoms with Gasteiger partial charge in [0.2, 0.25) is 0 Å². The highest BCUT2D eigenvalue weighted by atomic mass is 16.5. The van der Waals surface area contributed by atoms with Crippen molar-refractivity contribution >= 4 is 0 Å². The number of aromatic nitrogens is 4. The maximum absolute atomic E-state index is 9.82. The van der Waals surface area contributed by atoms with Crippen LogP contribution in [0.2, 0.25) is 0 Å². The standard InChI is InChI=1S/C27H27N5O3/c1-19(34)27-28-10-11-32(27)17-25-12-26(35-30-25)23-7-4-20(5-8-23)2-3-21-6-9-24(29-13-21)16-31-14-22(15-31)18-33/h4-13,19,22,33-34H,14-18H2,1H3. The van der Waals surface area contributed by atoms with Crippen LogP contribution >= 0.6 is 0 Å². The van der Waals surface area contributed by atoms with Crippen molar-refractivity contribution in [3.8, 4) is 23.2 Å². The first kappa shape index (κ1) is 23.0. The van der Waals surface area contributed by atoms with E-state index in [1.165, 1.54) is 0 Å². The van der Waals surface area contributed by atoms with Crippen molar-refractivity contribution in [1.82, 2.24) is 24.6 Å². The largest absolute Gasteiger partial charge is 0.396 e. The van der Waals surface area contributed by atoms with Crippen LogP contribution in [0.5, 0.6) is 0 Å². The van der Waals surface area contributed by atoms with Crippen molar-refractivity contribution < 1.29 is 14.7 Å². The molecule has 4 aromatic rings. The Labute approximate surface area is 203 Å². The minimum Gasteiger partial charge on any atom is -0.396 e. The van der Waals surface area contributed by atoms with Gasteiger partial charge in [0.1, 0.15) is 17.6 Å². The molecule has 0 bridgehead atoms. The summed E-state index contributed by atoms with van der Waals surface area (Å²) in [6.45, 7) is 5.09. The van der Waals surface area contributed by atoms with Crippen LogP contribution in [-0.4, -0.2) is 54.5 Å². The molecule has 35 heavy (non-hydrogen) atoms. The van der Waals surface area contributed by atoms with Gasteiger partial charge in [-0.15, -0.1) is 0 Å². The highest BCUT2D eigenvalue weighted by Gasteiger charge is 2.25. The monoisotopic (exact) mass is 469 g/mol. The van der Waals surface area contributed by atoms with Gasteiger partial charge < -0.3 is 19.3 Å². The Morgan fingerprint density at radius 2 is 1.80 bits per heavy atom. The molecule has 4 heterocycles. The van der Waals surface area contributed by atoms with Gasteiger partial charge in [0, 0.05) is 73.5 Å². The molecule has 0 radical (unpaired) electrons. The third-order valence-electron chi connectivity index (χ3n) is 6.03. The van der Waals surface area contributed by atoms with E-state index in [9.17, 15) is 5.11 Å². The molecular formula is C27H27N5O3. The Morgan fingerprint density at radius 1 is 1.03 bits per heavy atom. The van der Waals surface area contributed by atoms with E-state index in [-0.39, 0.29) is 6.61 Å². The lowest BCUT2D eigenvalue weighted by Gasteiger charge is -2.37. The summed E-state index contributed by atoms with van der Waals surface area (Å²) in [6.07, 6.45) is 4.63. The second-order valence-corrected chi connectivity index (χ2v) is 8.88. The minimum absolute atomic E-state index is 0.261. The van der Waals surface area contributed by atoms with Crippen molar-refractivity contribution in [3.63, 3.8) is 0 Å². The molecule has 8 nitrogen and oxygen atoms in total. The van der Waals surface area contributed by atoms with E-state index in [0.29, 0.717) is 24.0 Å². The van der Waals surface area contributed by atoms with E-state index >= 15 is 0 Å². The molecule has 0 spiro atoms. The maximum atomic E-state index is 9.82. The number of hydrogen-bond donors (Lipinski definition) is 2. The van der Waals surface area contributed by atoms with Gasteiger partial charge in [0.05, 0.1) is 12.2 Å². The van der Waals surface area contributed by atoms with Gasteiger partial charge in [0.25, 0.3) is 0 Å². The predicted molar refractivity (Wildman–Crippen MR) is 130 cm³/mol. The summed E-state index contributed by atoms with van der Waals surface area (Å²) in [5.41, 5.74) is 4.44. The van der Waals surface area contributed by atoms with Gasteiger partial charge in [-0.05, 0) is 43.3 Å². The molecule has 1 aliphatic heterocycles. The first-order valence-electron chi connectivity index (χ1n) is 11.6. The van der Waals surface area contributed by atoms with Crippen molar-refractivity contribution in [3.05, 3.63) is 89.4 Å². The molecule has 1 unspecified atom stereocenters. The van der Waals surface area contributed by atoms with Gasteiger partial charge >= 0.3 is 0 Å². The first-order valence-corrected chi connectivity index (χ1v) is 11.6. The summed E-state index contributed by atoms with van der Waals surface area (Å²) < 4.78 is 7.38. The lowest BCUT2D eigenvalue weighted by atomic mass is 10.0. The zero-order valence-corrected chi connectivity index (χ0v) is 19.5. The fourth-order valence-electron chi connectivity index (χ4n) is 4.12. The zero-order chi connectivity index (χ0) is 24.2. The molecule has 0 saturated carbocycles. The second-order valence-electron chi connectivity index (χ2n) is 8.88. The van der Waals surface area contributed by atoms with Crippen molar-refractivity contribution in [2.24, 2.45) is 5.92 Å². The third-order valence-corrected chi connectivity index (χ3v) is 6.03. The molecule has 0 amide bonds. The highest BCUT2D eigenvalue weighted by molar-refractivity contribution is 5.59. The fourth-order valence-corrected chi connectivity index (χ4v) is 4.12. The average Bonchev–Trinajstić information content (AvgIpc) is 3.51. The number of hydrogen-bond acceptors (Lipinski definition) is 7. The first-order chi connectivity index (χ1) is 17.1. The fraction of sp³-hybridized carbons (Fsp3) is 0.296. The molecule has 1 atom stereocenters. The molecule has 3 aromatic heterocycles. The summed E-state index contributed by atoms with van der Waals surface area (Å²) in [5.74, 6) is 8.01. The van der Waals surface area contributed by atoms with Crippen LogP contribution < -0.4 is 0 Å². The van der Waals surface area contributed by atoms with Crippen LogP contribution in [0.15, 0.2) is 65.6 Å². The third kappa shape index (κ3) is 5.49. The van der Waals surface area contributed by atoms with Crippen LogP contribution in [0, 0.1) is 17.8 Å². The minimum atomic E-state index is -0.649. The average molecular weight is 470 g/mol. The number of likely N-dealkylation sites (tertiary alicyclic amines) is 1. The topological polar surface area (TPSA) is 100 Å². The van der Waals surface area contributed by atoms with Gasteiger partial charge in [-0.25, -0.2) is 4.98 Å². The molecule has 0 aliphatic carbocycles. The van der Waals surface area contributed by atoms with Gasteiger partial charge in [0.15, 0.2) is 5.76 Å². The van der Waals surface area contributed by atoms with Crippen molar-refractivity contribution in [1.29, 1.82) is 0 Å². The smallest absolute Gasteiger partial charge is 0.167 e. The lowest BCUT2D eigenvalue weighted by Crippen LogP contribution is -2.47. The molecule has 1 aromatic carbocycles. The number of imidazole rings is 1. The molecule has 2 N–H and O–H groups in total. The van der Waals surface area contributed by atoms with E-state index in [1.807, 2.05) is 53.2 Å². The van der Waals surface area contributed by atoms with Gasteiger partial charge in [-0.3, -0.25) is 9.88 Å². The highest BCUT2D eigenvalue weighted by Crippen LogP contribution is 2.22. The zero-order valence-electron chi connectivity index (χ0n) is 19.5. The van der Waals surface area contributed by atoms with E-state index in [1.54, 1.807) is 19.3 Å². The number of nitrogens with zero attached hydrogens (tertiary/aromatic N) is 5. The summed E-state index contributed by atoms with van der Waals surface area (Å²) in [5, 5.41) is 23.1.